The van der Waals surface area contributed by atoms with E-state index in [1.807, 2.05) is 6.92 Å². The van der Waals surface area contributed by atoms with Crippen molar-refractivity contribution in [1.82, 2.24) is 9.97 Å². The minimum absolute atomic E-state index is 0.262. The van der Waals surface area contributed by atoms with E-state index in [0.717, 1.165) is 0 Å². The summed E-state index contributed by atoms with van der Waals surface area (Å²) in [7, 11) is 0. The summed E-state index contributed by atoms with van der Waals surface area (Å²) >= 11 is 0. The molecule has 5 heteroatoms. The molecule has 1 heterocycles. The van der Waals surface area contributed by atoms with Crippen LogP contribution in [0.4, 0.5) is 0 Å². The summed E-state index contributed by atoms with van der Waals surface area (Å²) in [5.74, 6) is 0.262. The summed E-state index contributed by atoms with van der Waals surface area (Å²) < 4.78 is 0. The summed E-state index contributed by atoms with van der Waals surface area (Å²) in [6.45, 7) is 2.49. The SMILES string of the molecule is CC(CN)Cc1cc(=O)[nH]c(=O)[nH]1. The summed E-state index contributed by atoms with van der Waals surface area (Å²) in [6, 6.07) is 1.38. The monoisotopic (exact) mass is 183 g/mol. The molecule has 0 bridgehead atoms. The van der Waals surface area contributed by atoms with Gasteiger partial charge in [-0.1, -0.05) is 6.92 Å². The predicted molar refractivity (Wildman–Crippen MR) is 49.6 cm³/mol. The second-order valence-corrected chi connectivity index (χ2v) is 3.16. The Kier molecular flexibility index (Phi) is 3.02. The van der Waals surface area contributed by atoms with E-state index in [0.29, 0.717) is 18.7 Å². The Morgan fingerprint density at radius 2 is 2.15 bits per heavy atom. The van der Waals surface area contributed by atoms with Crippen LogP contribution in [0.5, 0.6) is 0 Å². The third kappa shape index (κ3) is 2.87. The zero-order chi connectivity index (χ0) is 9.84. The lowest BCUT2D eigenvalue weighted by Crippen LogP contribution is -2.24. The molecule has 4 N–H and O–H groups in total. The molecule has 1 atom stereocenters. The Morgan fingerprint density at radius 3 is 2.69 bits per heavy atom. The van der Waals surface area contributed by atoms with Gasteiger partial charge in [-0.2, -0.15) is 0 Å². The van der Waals surface area contributed by atoms with Crippen LogP contribution < -0.4 is 17.0 Å². The summed E-state index contributed by atoms with van der Waals surface area (Å²) in [6.07, 6.45) is 0.621. The molecule has 72 valence electrons. The van der Waals surface area contributed by atoms with Crippen LogP contribution in [0.3, 0.4) is 0 Å². The van der Waals surface area contributed by atoms with Crippen molar-refractivity contribution < 1.29 is 0 Å². The number of aromatic nitrogens is 2. The summed E-state index contributed by atoms with van der Waals surface area (Å²) in [5, 5.41) is 0. The first-order valence-corrected chi connectivity index (χ1v) is 4.14. The molecule has 1 rings (SSSR count). The minimum Gasteiger partial charge on any atom is -0.330 e. The maximum atomic E-state index is 10.9. The van der Waals surface area contributed by atoms with Gasteiger partial charge in [-0.3, -0.25) is 9.78 Å². The minimum atomic E-state index is -0.466. The molecule has 0 saturated carbocycles. The van der Waals surface area contributed by atoms with Gasteiger partial charge in [-0.25, -0.2) is 4.79 Å². The third-order valence-corrected chi connectivity index (χ3v) is 1.79. The molecule has 0 aliphatic rings. The lowest BCUT2D eigenvalue weighted by molar-refractivity contribution is 0.581. The Balaban J connectivity index is 2.90. The zero-order valence-electron chi connectivity index (χ0n) is 7.46. The Bertz CT molecular complexity index is 351. The van der Waals surface area contributed by atoms with Crippen molar-refractivity contribution in [3.8, 4) is 0 Å². The van der Waals surface area contributed by atoms with Crippen LogP contribution in [0.1, 0.15) is 12.6 Å². The highest BCUT2D eigenvalue weighted by molar-refractivity contribution is 4.99. The van der Waals surface area contributed by atoms with Crippen molar-refractivity contribution in [1.29, 1.82) is 0 Å². The van der Waals surface area contributed by atoms with Crippen LogP contribution in [0.25, 0.3) is 0 Å². The molecule has 0 aliphatic heterocycles. The van der Waals surface area contributed by atoms with E-state index in [2.05, 4.69) is 9.97 Å². The van der Waals surface area contributed by atoms with E-state index in [1.165, 1.54) is 6.07 Å². The van der Waals surface area contributed by atoms with Crippen LogP contribution in [0.15, 0.2) is 15.7 Å². The van der Waals surface area contributed by atoms with Crippen molar-refractivity contribution in [2.45, 2.75) is 13.3 Å². The smallest absolute Gasteiger partial charge is 0.325 e. The Labute approximate surface area is 75.0 Å². The second kappa shape index (κ2) is 4.04. The quantitative estimate of drug-likeness (QED) is 0.573. The van der Waals surface area contributed by atoms with E-state index in [1.54, 1.807) is 0 Å². The van der Waals surface area contributed by atoms with E-state index >= 15 is 0 Å². The second-order valence-electron chi connectivity index (χ2n) is 3.16. The predicted octanol–water partition coefficient (Wildman–Crippen LogP) is -0.799. The normalized spacial score (nSPS) is 12.8. The molecule has 0 aliphatic carbocycles. The number of nitrogens with two attached hydrogens (primary N) is 1. The number of hydrogen-bond acceptors (Lipinski definition) is 3. The molecule has 1 aromatic rings. The first-order valence-electron chi connectivity index (χ1n) is 4.14. The van der Waals surface area contributed by atoms with Crippen LogP contribution in [0.2, 0.25) is 0 Å². The molecule has 0 saturated heterocycles. The van der Waals surface area contributed by atoms with Crippen LogP contribution in [-0.2, 0) is 6.42 Å². The number of rotatable bonds is 3. The first-order chi connectivity index (χ1) is 6.11. The number of H-pyrrole nitrogens is 2. The fraction of sp³-hybridized carbons (Fsp3) is 0.500. The fourth-order valence-corrected chi connectivity index (χ4v) is 1.09. The highest BCUT2D eigenvalue weighted by Gasteiger charge is 2.02. The van der Waals surface area contributed by atoms with Gasteiger partial charge in [0.25, 0.3) is 5.56 Å². The molecule has 5 nitrogen and oxygen atoms in total. The van der Waals surface area contributed by atoms with E-state index < -0.39 is 5.69 Å². The van der Waals surface area contributed by atoms with Gasteiger partial charge in [-0.05, 0) is 18.9 Å². The molecule has 0 amide bonds. The van der Waals surface area contributed by atoms with E-state index in [9.17, 15) is 9.59 Å². The maximum Gasteiger partial charge on any atom is 0.325 e. The average molecular weight is 183 g/mol. The molecule has 13 heavy (non-hydrogen) atoms. The lowest BCUT2D eigenvalue weighted by Gasteiger charge is -2.06. The van der Waals surface area contributed by atoms with Gasteiger partial charge in [-0.15, -0.1) is 0 Å². The number of hydrogen-bond donors (Lipinski definition) is 3. The summed E-state index contributed by atoms with van der Waals surface area (Å²) in [5.41, 5.74) is 5.21. The molecule has 1 aromatic heterocycles. The maximum absolute atomic E-state index is 10.9. The van der Waals surface area contributed by atoms with Gasteiger partial charge in [0.05, 0.1) is 0 Å². The van der Waals surface area contributed by atoms with Crippen molar-refractivity contribution >= 4 is 0 Å². The molecular formula is C8H13N3O2. The fourth-order valence-electron chi connectivity index (χ4n) is 1.09. The third-order valence-electron chi connectivity index (χ3n) is 1.79. The molecule has 0 radical (unpaired) electrons. The van der Waals surface area contributed by atoms with Crippen molar-refractivity contribution in [3.63, 3.8) is 0 Å². The average Bonchev–Trinajstić information content (AvgIpc) is 2.02. The van der Waals surface area contributed by atoms with Crippen LogP contribution in [0, 0.1) is 5.92 Å². The molecule has 0 spiro atoms. The first kappa shape index (κ1) is 9.73. The molecular weight excluding hydrogens is 170 g/mol. The van der Waals surface area contributed by atoms with Gasteiger partial charge in [0, 0.05) is 11.8 Å². The number of aromatic amines is 2. The van der Waals surface area contributed by atoms with E-state index in [-0.39, 0.29) is 11.5 Å². The largest absolute Gasteiger partial charge is 0.330 e. The van der Waals surface area contributed by atoms with Crippen LogP contribution >= 0.6 is 0 Å². The number of nitrogens with one attached hydrogen (secondary N) is 2. The Hall–Kier alpha value is -1.36. The van der Waals surface area contributed by atoms with Gasteiger partial charge >= 0.3 is 5.69 Å². The van der Waals surface area contributed by atoms with E-state index in [4.69, 9.17) is 5.73 Å². The molecule has 1 unspecified atom stereocenters. The van der Waals surface area contributed by atoms with Crippen molar-refractivity contribution in [3.05, 3.63) is 32.6 Å². The van der Waals surface area contributed by atoms with Gasteiger partial charge < -0.3 is 10.7 Å². The standard InChI is InChI=1S/C8H13N3O2/c1-5(4-9)2-6-3-7(12)11-8(13)10-6/h3,5H,2,4,9H2,1H3,(H2,10,11,12,13). The molecule has 0 aromatic carbocycles. The molecule has 0 fully saturated rings. The highest BCUT2D eigenvalue weighted by Crippen LogP contribution is 1.99. The van der Waals surface area contributed by atoms with Crippen LogP contribution in [-0.4, -0.2) is 16.5 Å². The zero-order valence-corrected chi connectivity index (χ0v) is 7.46. The Morgan fingerprint density at radius 1 is 1.46 bits per heavy atom. The van der Waals surface area contributed by atoms with Gasteiger partial charge in [0.1, 0.15) is 0 Å². The van der Waals surface area contributed by atoms with Crippen molar-refractivity contribution in [2.24, 2.45) is 11.7 Å². The topological polar surface area (TPSA) is 91.7 Å². The van der Waals surface area contributed by atoms with Gasteiger partial charge in [0.2, 0.25) is 0 Å². The van der Waals surface area contributed by atoms with Gasteiger partial charge in [0.15, 0.2) is 0 Å². The summed E-state index contributed by atoms with van der Waals surface area (Å²) in [4.78, 5) is 26.4. The lowest BCUT2D eigenvalue weighted by atomic mass is 10.1. The van der Waals surface area contributed by atoms with Crippen molar-refractivity contribution in [2.75, 3.05) is 6.54 Å². The highest BCUT2D eigenvalue weighted by atomic mass is 16.2.